The summed E-state index contributed by atoms with van der Waals surface area (Å²) in [4.78, 5) is 24.9. The molecule has 0 atom stereocenters. The van der Waals surface area contributed by atoms with Crippen LogP contribution in [-0.2, 0) is 4.79 Å². The maximum absolute atomic E-state index is 11.5. The maximum atomic E-state index is 11.5. The van der Waals surface area contributed by atoms with Crippen LogP contribution in [0.5, 0.6) is 0 Å². The van der Waals surface area contributed by atoms with E-state index in [0.717, 1.165) is 58.2 Å². The van der Waals surface area contributed by atoms with Gasteiger partial charge in [0.2, 0.25) is 11.9 Å². The lowest BCUT2D eigenvalue weighted by Gasteiger charge is -2.37. The van der Waals surface area contributed by atoms with E-state index in [-0.39, 0.29) is 5.91 Å². The summed E-state index contributed by atoms with van der Waals surface area (Å²) in [6.45, 7) is 8.25. The van der Waals surface area contributed by atoms with Gasteiger partial charge in [0.25, 0.3) is 0 Å². The molecule has 2 aliphatic heterocycles. The molecular formula is C19H25N7O. The molecule has 0 radical (unpaired) electrons. The minimum absolute atomic E-state index is 0.132. The summed E-state index contributed by atoms with van der Waals surface area (Å²) in [5, 5.41) is 8.43. The quantitative estimate of drug-likeness (QED) is 0.797. The second kappa shape index (κ2) is 7.77. The number of para-hydroxylation sites is 1. The highest BCUT2D eigenvalue weighted by Gasteiger charge is 2.23. The molecular weight excluding hydrogens is 342 g/mol. The van der Waals surface area contributed by atoms with E-state index >= 15 is 0 Å². The fourth-order valence-corrected chi connectivity index (χ4v) is 3.63. The molecule has 1 aromatic carbocycles. The molecule has 8 nitrogen and oxygen atoms in total. The fourth-order valence-electron chi connectivity index (χ4n) is 3.63. The highest BCUT2D eigenvalue weighted by atomic mass is 16.2. The van der Waals surface area contributed by atoms with Crippen LogP contribution in [0, 0.1) is 0 Å². The highest BCUT2D eigenvalue weighted by Crippen LogP contribution is 2.20. The van der Waals surface area contributed by atoms with Crippen molar-refractivity contribution in [1.29, 1.82) is 0 Å². The van der Waals surface area contributed by atoms with Crippen molar-refractivity contribution in [2.24, 2.45) is 0 Å². The van der Waals surface area contributed by atoms with Crippen LogP contribution in [0.1, 0.15) is 6.92 Å². The van der Waals surface area contributed by atoms with Gasteiger partial charge in [-0.25, -0.2) is 0 Å². The zero-order chi connectivity index (χ0) is 18.6. The summed E-state index contributed by atoms with van der Waals surface area (Å²) in [6.07, 6.45) is 1.72. The molecule has 2 aliphatic rings. The monoisotopic (exact) mass is 367 g/mol. The van der Waals surface area contributed by atoms with Crippen molar-refractivity contribution in [1.82, 2.24) is 20.1 Å². The molecule has 1 amide bonds. The van der Waals surface area contributed by atoms with Gasteiger partial charge in [-0.1, -0.05) is 18.2 Å². The minimum Gasteiger partial charge on any atom is -0.368 e. The predicted molar refractivity (Wildman–Crippen MR) is 105 cm³/mol. The highest BCUT2D eigenvalue weighted by molar-refractivity contribution is 5.73. The normalized spacial score (nSPS) is 18.0. The summed E-state index contributed by atoms with van der Waals surface area (Å²) < 4.78 is 0. The first kappa shape index (κ1) is 17.5. The van der Waals surface area contributed by atoms with Crippen LogP contribution in [0.3, 0.4) is 0 Å². The molecule has 3 heterocycles. The van der Waals surface area contributed by atoms with Crippen molar-refractivity contribution in [3.63, 3.8) is 0 Å². The number of carbonyl (C=O) groups is 1. The minimum atomic E-state index is 0.132. The second-order valence-electron chi connectivity index (χ2n) is 6.92. The van der Waals surface area contributed by atoms with Crippen molar-refractivity contribution >= 4 is 23.4 Å². The first-order chi connectivity index (χ1) is 13.2. The summed E-state index contributed by atoms with van der Waals surface area (Å²) in [5.74, 6) is 1.66. The maximum Gasteiger partial charge on any atom is 0.247 e. The van der Waals surface area contributed by atoms with Crippen LogP contribution in [-0.4, -0.2) is 78.3 Å². The lowest BCUT2D eigenvalue weighted by molar-refractivity contribution is -0.129. The molecule has 1 aromatic heterocycles. The third-order valence-corrected chi connectivity index (χ3v) is 5.27. The Morgan fingerprint density at radius 1 is 0.852 bits per heavy atom. The Morgan fingerprint density at radius 3 is 2.15 bits per heavy atom. The van der Waals surface area contributed by atoms with Gasteiger partial charge in [-0.15, -0.1) is 5.10 Å². The largest absolute Gasteiger partial charge is 0.368 e. The first-order valence-corrected chi connectivity index (χ1v) is 9.46. The topological polar surface area (TPSA) is 68.7 Å². The van der Waals surface area contributed by atoms with E-state index in [9.17, 15) is 4.79 Å². The first-order valence-electron chi connectivity index (χ1n) is 9.46. The molecule has 8 heteroatoms. The molecule has 2 fully saturated rings. The SMILES string of the molecule is CC(=O)N1CCN(c2cnnc(N3CCN(c4ccccc4)CC3)n2)CC1. The number of benzene rings is 1. The Balaban J connectivity index is 1.38. The molecule has 0 spiro atoms. The van der Waals surface area contributed by atoms with Gasteiger partial charge in [-0.3, -0.25) is 4.79 Å². The summed E-state index contributed by atoms with van der Waals surface area (Å²) in [5.41, 5.74) is 1.26. The fraction of sp³-hybridized carbons (Fsp3) is 0.474. The zero-order valence-electron chi connectivity index (χ0n) is 15.7. The van der Waals surface area contributed by atoms with Crippen LogP contribution in [0.4, 0.5) is 17.5 Å². The van der Waals surface area contributed by atoms with E-state index in [0.29, 0.717) is 5.95 Å². The second-order valence-corrected chi connectivity index (χ2v) is 6.92. The number of amides is 1. The Hall–Kier alpha value is -2.90. The molecule has 0 saturated carbocycles. The van der Waals surface area contributed by atoms with E-state index in [1.54, 1.807) is 13.1 Å². The van der Waals surface area contributed by atoms with Crippen molar-refractivity contribution in [3.05, 3.63) is 36.5 Å². The molecule has 0 unspecified atom stereocenters. The van der Waals surface area contributed by atoms with Crippen molar-refractivity contribution in [3.8, 4) is 0 Å². The molecule has 2 aromatic rings. The van der Waals surface area contributed by atoms with Gasteiger partial charge in [0.05, 0.1) is 6.20 Å². The third kappa shape index (κ3) is 3.94. The van der Waals surface area contributed by atoms with E-state index in [1.807, 2.05) is 11.0 Å². The van der Waals surface area contributed by atoms with E-state index < -0.39 is 0 Å². The molecule has 0 aliphatic carbocycles. The number of anilines is 3. The van der Waals surface area contributed by atoms with Crippen LogP contribution in [0.15, 0.2) is 36.5 Å². The van der Waals surface area contributed by atoms with Crippen molar-refractivity contribution in [2.75, 3.05) is 67.1 Å². The molecule has 4 rings (SSSR count). The standard InChI is InChI=1S/C19H25N7O/c1-16(27)23-7-11-25(12-8-23)18-15-20-22-19(21-18)26-13-9-24(10-14-26)17-5-3-2-4-6-17/h2-6,15H,7-14H2,1H3. The van der Waals surface area contributed by atoms with Crippen molar-refractivity contribution in [2.45, 2.75) is 6.92 Å². The average molecular weight is 367 g/mol. The average Bonchev–Trinajstić information content (AvgIpc) is 2.75. The predicted octanol–water partition coefficient (Wildman–Crippen LogP) is 0.867. The number of hydrogen-bond donors (Lipinski definition) is 0. The molecule has 27 heavy (non-hydrogen) atoms. The lowest BCUT2D eigenvalue weighted by atomic mass is 10.2. The lowest BCUT2D eigenvalue weighted by Crippen LogP contribution is -2.49. The number of piperazine rings is 2. The van der Waals surface area contributed by atoms with Gasteiger partial charge in [0.1, 0.15) is 0 Å². The van der Waals surface area contributed by atoms with Crippen molar-refractivity contribution < 1.29 is 4.79 Å². The Kier molecular flexibility index (Phi) is 5.04. The van der Waals surface area contributed by atoms with Gasteiger partial charge in [-0.05, 0) is 12.1 Å². The van der Waals surface area contributed by atoms with Crippen LogP contribution < -0.4 is 14.7 Å². The number of carbonyl (C=O) groups excluding carboxylic acids is 1. The van der Waals surface area contributed by atoms with Gasteiger partial charge >= 0.3 is 0 Å². The number of rotatable bonds is 3. The Bertz CT molecular complexity index is 769. The number of nitrogens with zero attached hydrogens (tertiary/aromatic N) is 7. The van der Waals surface area contributed by atoms with Crippen LogP contribution in [0.2, 0.25) is 0 Å². The van der Waals surface area contributed by atoms with Gasteiger partial charge < -0.3 is 19.6 Å². The van der Waals surface area contributed by atoms with E-state index in [2.05, 4.69) is 49.2 Å². The summed E-state index contributed by atoms with van der Waals surface area (Å²) >= 11 is 0. The molecule has 0 bridgehead atoms. The summed E-state index contributed by atoms with van der Waals surface area (Å²) in [6, 6.07) is 10.5. The number of hydrogen-bond acceptors (Lipinski definition) is 7. The summed E-state index contributed by atoms with van der Waals surface area (Å²) in [7, 11) is 0. The molecule has 142 valence electrons. The molecule has 2 saturated heterocycles. The van der Waals surface area contributed by atoms with Crippen LogP contribution in [0.25, 0.3) is 0 Å². The Morgan fingerprint density at radius 2 is 1.48 bits per heavy atom. The van der Waals surface area contributed by atoms with E-state index in [4.69, 9.17) is 4.98 Å². The van der Waals surface area contributed by atoms with Crippen LogP contribution >= 0.6 is 0 Å². The molecule has 0 N–H and O–H groups in total. The van der Waals surface area contributed by atoms with Gasteiger partial charge in [0.15, 0.2) is 5.82 Å². The van der Waals surface area contributed by atoms with E-state index in [1.165, 1.54) is 5.69 Å². The smallest absolute Gasteiger partial charge is 0.247 e. The van der Waals surface area contributed by atoms with Gasteiger partial charge in [0, 0.05) is 65.0 Å². The number of aromatic nitrogens is 3. The zero-order valence-corrected chi connectivity index (χ0v) is 15.7. The Labute approximate surface area is 159 Å². The third-order valence-electron chi connectivity index (χ3n) is 5.27. The van der Waals surface area contributed by atoms with Gasteiger partial charge in [-0.2, -0.15) is 10.1 Å².